The molecule has 0 bridgehead atoms. The molecule has 24 heavy (non-hydrogen) atoms. The van der Waals surface area contributed by atoms with Gasteiger partial charge in [-0.1, -0.05) is 0 Å². The maximum absolute atomic E-state index is 12.8. The Balaban J connectivity index is 1.84. The molecule has 2 heterocycles. The first kappa shape index (κ1) is 17.1. The fraction of sp³-hybridized carbons (Fsp3) is 0.632. The standard InChI is InChI=1S/C19H28N2O3/c1-11-12(2)17-15(13(3)16(11)22)7-8-19(4,24-17)18(23)21-14-6-5-9-20-10-14/h14,20,22H,5-10H2,1-4H3,(H,21,23)/t14-,19-/m1/s1. The fourth-order valence-corrected chi connectivity index (χ4v) is 3.72. The molecule has 1 saturated heterocycles. The second kappa shape index (κ2) is 6.28. The van der Waals surface area contributed by atoms with E-state index in [1.54, 1.807) is 0 Å². The maximum Gasteiger partial charge on any atom is 0.264 e. The molecule has 3 N–H and O–H groups in total. The van der Waals surface area contributed by atoms with Crippen molar-refractivity contribution in [3.63, 3.8) is 0 Å². The summed E-state index contributed by atoms with van der Waals surface area (Å²) in [6, 6.07) is 0.178. The minimum absolute atomic E-state index is 0.0374. The average molecular weight is 332 g/mol. The number of benzene rings is 1. The van der Waals surface area contributed by atoms with Crippen molar-refractivity contribution in [2.75, 3.05) is 13.1 Å². The summed E-state index contributed by atoms with van der Waals surface area (Å²) in [7, 11) is 0. The summed E-state index contributed by atoms with van der Waals surface area (Å²) in [5.41, 5.74) is 2.79. The Hall–Kier alpha value is -1.75. The summed E-state index contributed by atoms with van der Waals surface area (Å²) in [6.07, 6.45) is 3.45. The molecule has 5 nitrogen and oxygen atoms in total. The van der Waals surface area contributed by atoms with E-state index in [1.165, 1.54) is 0 Å². The predicted molar refractivity (Wildman–Crippen MR) is 93.7 cm³/mol. The van der Waals surface area contributed by atoms with E-state index in [-0.39, 0.29) is 11.9 Å². The number of carbonyl (C=O) groups excluding carboxylic acids is 1. The van der Waals surface area contributed by atoms with E-state index in [0.717, 1.165) is 60.4 Å². The molecule has 3 rings (SSSR count). The van der Waals surface area contributed by atoms with Crippen molar-refractivity contribution in [1.29, 1.82) is 0 Å². The average Bonchev–Trinajstić information content (AvgIpc) is 2.59. The lowest BCUT2D eigenvalue weighted by Gasteiger charge is -2.38. The van der Waals surface area contributed by atoms with Gasteiger partial charge in [0.25, 0.3) is 5.91 Å². The first-order valence-electron chi connectivity index (χ1n) is 8.86. The van der Waals surface area contributed by atoms with E-state index in [1.807, 2.05) is 27.7 Å². The molecule has 5 heteroatoms. The van der Waals surface area contributed by atoms with Gasteiger partial charge in [-0.25, -0.2) is 0 Å². The molecule has 0 aliphatic carbocycles. The first-order valence-corrected chi connectivity index (χ1v) is 8.86. The molecule has 132 valence electrons. The number of phenols is 1. The lowest BCUT2D eigenvalue weighted by molar-refractivity contribution is -0.137. The van der Waals surface area contributed by atoms with Crippen molar-refractivity contribution in [2.24, 2.45) is 0 Å². The van der Waals surface area contributed by atoms with Gasteiger partial charge in [0.05, 0.1) is 0 Å². The lowest BCUT2D eigenvalue weighted by Crippen LogP contribution is -2.56. The van der Waals surface area contributed by atoms with Gasteiger partial charge in [-0.15, -0.1) is 0 Å². The third kappa shape index (κ3) is 2.86. The second-order valence-corrected chi connectivity index (χ2v) is 7.38. The van der Waals surface area contributed by atoms with Crippen molar-refractivity contribution < 1.29 is 14.6 Å². The van der Waals surface area contributed by atoms with Crippen LogP contribution in [0, 0.1) is 20.8 Å². The Bertz CT molecular complexity index is 665. The number of hydrogen-bond acceptors (Lipinski definition) is 4. The van der Waals surface area contributed by atoms with Gasteiger partial charge in [0.2, 0.25) is 0 Å². The van der Waals surface area contributed by atoms with Gasteiger partial charge in [0.15, 0.2) is 5.60 Å². The van der Waals surface area contributed by atoms with E-state index in [9.17, 15) is 9.90 Å². The fourth-order valence-electron chi connectivity index (χ4n) is 3.72. The number of rotatable bonds is 2. The molecule has 0 aromatic heterocycles. The van der Waals surface area contributed by atoms with Crippen LogP contribution in [-0.2, 0) is 11.2 Å². The molecule has 2 aliphatic rings. The summed E-state index contributed by atoms with van der Waals surface area (Å²) in [5.74, 6) is 1.08. The predicted octanol–water partition coefficient (Wildman–Crippen LogP) is 2.27. The van der Waals surface area contributed by atoms with Crippen LogP contribution in [0.4, 0.5) is 0 Å². The molecular weight excluding hydrogens is 304 g/mol. The van der Waals surface area contributed by atoms with Crippen LogP contribution in [0.2, 0.25) is 0 Å². The van der Waals surface area contributed by atoms with Crippen molar-refractivity contribution in [1.82, 2.24) is 10.6 Å². The summed E-state index contributed by atoms with van der Waals surface area (Å²) >= 11 is 0. The number of piperidine rings is 1. The van der Waals surface area contributed by atoms with Crippen LogP contribution in [0.5, 0.6) is 11.5 Å². The van der Waals surface area contributed by atoms with Crippen molar-refractivity contribution in [2.45, 2.75) is 65.0 Å². The Labute approximate surface area is 143 Å². The molecule has 2 aliphatic heterocycles. The number of nitrogens with one attached hydrogen (secondary N) is 2. The second-order valence-electron chi connectivity index (χ2n) is 7.38. The highest BCUT2D eigenvalue weighted by Gasteiger charge is 2.41. The molecule has 0 spiro atoms. The number of ether oxygens (including phenoxy) is 1. The maximum atomic E-state index is 12.8. The van der Waals surface area contributed by atoms with Gasteiger partial charge in [0, 0.05) is 24.6 Å². The van der Waals surface area contributed by atoms with E-state index in [0.29, 0.717) is 12.2 Å². The van der Waals surface area contributed by atoms with Crippen LogP contribution < -0.4 is 15.4 Å². The van der Waals surface area contributed by atoms with Gasteiger partial charge in [-0.3, -0.25) is 4.79 Å². The number of fused-ring (bicyclic) bond motifs is 1. The Morgan fingerprint density at radius 2 is 2.04 bits per heavy atom. The summed E-state index contributed by atoms with van der Waals surface area (Å²) < 4.78 is 6.23. The summed E-state index contributed by atoms with van der Waals surface area (Å²) in [5, 5.41) is 16.7. The molecule has 1 amide bonds. The zero-order valence-electron chi connectivity index (χ0n) is 15.1. The normalized spacial score (nSPS) is 26.4. The van der Waals surface area contributed by atoms with Gasteiger partial charge in [-0.2, -0.15) is 0 Å². The number of phenolic OH excluding ortho intramolecular Hbond substituents is 1. The van der Waals surface area contributed by atoms with E-state index < -0.39 is 5.60 Å². The molecule has 1 fully saturated rings. The first-order chi connectivity index (χ1) is 11.3. The molecule has 0 radical (unpaired) electrons. The van der Waals surface area contributed by atoms with Crippen LogP contribution >= 0.6 is 0 Å². The Morgan fingerprint density at radius 1 is 1.29 bits per heavy atom. The van der Waals surface area contributed by atoms with Crippen molar-refractivity contribution in [3.05, 3.63) is 22.3 Å². The summed E-state index contributed by atoms with van der Waals surface area (Å²) in [6.45, 7) is 9.47. The monoisotopic (exact) mass is 332 g/mol. The van der Waals surface area contributed by atoms with Crippen LogP contribution in [0.15, 0.2) is 0 Å². The topological polar surface area (TPSA) is 70.6 Å². The largest absolute Gasteiger partial charge is 0.507 e. The molecule has 1 aromatic carbocycles. The number of hydrogen-bond donors (Lipinski definition) is 3. The SMILES string of the molecule is Cc1c(C)c2c(c(C)c1O)CC[C@](C)(C(=O)N[C@@H]1CCCNC1)O2. The smallest absolute Gasteiger partial charge is 0.264 e. The number of aromatic hydroxyl groups is 1. The van der Waals surface area contributed by atoms with E-state index in [2.05, 4.69) is 10.6 Å². The molecular formula is C19H28N2O3. The van der Waals surface area contributed by atoms with Gasteiger partial charge < -0.3 is 20.5 Å². The van der Waals surface area contributed by atoms with Gasteiger partial charge in [-0.05, 0) is 70.2 Å². The Morgan fingerprint density at radius 3 is 2.71 bits per heavy atom. The highest BCUT2D eigenvalue weighted by Crippen LogP contribution is 2.43. The summed E-state index contributed by atoms with van der Waals surface area (Å²) in [4.78, 5) is 12.8. The third-order valence-electron chi connectivity index (χ3n) is 5.63. The van der Waals surface area contributed by atoms with E-state index in [4.69, 9.17) is 4.74 Å². The molecule has 2 atom stereocenters. The lowest BCUT2D eigenvalue weighted by atomic mass is 9.86. The Kier molecular flexibility index (Phi) is 4.47. The minimum Gasteiger partial charge on any atom is -0.507 e. The van der Waals surface area contributed by atoms with Crippen LogP contribution in [0.25, 0.3) is 0 Å². The minimum atomic E-state index is -0.856. The van der Waals surface area contributed by atoms with Crippen LogP contribution in [0.1, 0.15) is 48.4 Å². The van der Waals surface area contributed by atoms with Gasteiger partial charge >= 0.3 is 0 Å². The van der Waals surface area contributed by atoms with Crippen molar-refractivity contribution in [3.8, 4) is 11.5 Å². The molecule has 0 unspecified atom stereocenters. The van der Waals surface area contributed by atoms with Crippen LogP contribution in [-0.4, -0.2) is 35.7 Å². The highest BCUT2D eigenvalue weighted by atomic mass is 16.5. The zero-order chi connectivity index (χ0) is 17.5. The zero-order valence-corrected chi connectivity index (χ0v) is 15.1. The number of carbonyl (C=O) groups is 1. The molecule has 1 aromatic rings. The third-order valence-corrected chi connectivity index (χ3v) is 5.63. The van der Waals surface area contributed by atoms with Crippen molar-refractivity contribution >= 4 is 5.91 Å². The quantitative estimate of drug-likeness (QED) is 0.777. The molecule has 0 saturated carbocycles. The van der Waals surface area contributed by atoms with Crippen LogP contribution in [0.3, 0.4) is 0 Å². The van der Waals surface area contributed by atoms with E-state index >= 15 is 0 Å². The highest BCUT2D eigenvalue weighted by molar-refractivity contribution is 5.86. The number of amides is 1. The van der Waals surface area contributed by atoms with Gasteiger partial charge in [0.1, 0.15) is 11.5 Å².